The number of pyridine rings is 1. The van der Waals surface area contributed by atoms with Crippen LogP contribution in [-0.2, 0) is 4.84 Å². The van der Waals surface area contributed by atoms with Crippen molar-refractivity contribution in [2.45, 2.75) is 6.42 Å². The summed E-state index contributed by atoms with van der Waals surface area (Å²) in [6.07, 6.45) is 2.59. The van der Waals surface area contributed by atoms with Gasteiger partial charge in [0.15, 0.2) is 0 Å². The fourth-order valence-electron chi connectivity index (χ4n) is 2.02. The van der Waals surface area contributed by atoms with Gasteiger partial charge in [-0.25, -0.2) is 5.06 Å². The first-order valence-electron chi connectivity index (χ1n) is 5.65. The second-order valence-corrected chi connectivity index (χ2v) is 3.97. The summed E-state index contributed by atoms with van der Waals surface area (Å²) >= 11 is 0. The predicted octanol–water partition coefficient (Wildman–Crippen LogP) is 2.01. The molecule has 0 atom stereocenters. The average molecular weight is 228 g/mol. The molecular formula is C13H12N2O2. The van der Waals surface area contributed by atoms with E-state index in [1.54, 1.807) is 12.3 Å². The molecule has 3 rings (SSSR count). The molecule has 0 radical (unpaired) electrons. The zero-order valence-corrected chi connectivity index (χ0v) is 9.30. The van der Waals surface area contributed by atoms with Gasteiger partial charge in [0, 0.05) is 11.6 Å². The summed E-state index contributed by atoms with van der Waals surface area (Å²) in [5.74, 6) is -0.105. The molecule has 4 heteroatoms. The number of hydrogen-bond donors (Lipinski definition) is 0. The topological polar surface area (TPSA) is 42.4 Å². The first kappa shape index (κ1) is 10.2. The molecule has 0 bridgehead atoms. The van der Waals surface area contributed by atoms with E-state index >= 15 is 0 Å². The van der Waals surface area contributed by atoms with E-state index in [1.165, 1.54) is 5.06 Å². The molecule has 1 aliphatic heterocycles. The third kappa shape index (κ3) is 1.76. The second kappa shape index (κ2) is 4.14. The molecule has 0 unspecified atom stereocenters. The van der Waals surface area contributed by atoms with Gasteiger partial charge < -0.3 is 0 Å². The monoisotopic (exact) mass is 228 g/mol. The van der Waals surface area contributed by atoms with Crippen LogP contribution in [0.15, 0.2) is 36.5 Å². The number of fused-ring (bicyclic) bond motifs is 1. The lowest BCUT2D eigenvalue weighted by Gasteiger charge is -2.14. The Bertz CT molecular complexity index is 557. The highest BCUT2D eigenvalue weighted by molar-refractivity contribution is 6.05. The number of rotatable bonds is 1. The highest BCUT2D eigenvalue weighted by atomic mass is 16.7. The van der Waals surface area contributed by atoms with Gasteiger partial charge in [-0.05, 0) is 18.6 Å². The summed E-state index contributed by atoms with van der Waals surface area (Å²) < 4.78 is 0. The fourth-order valence-corrected chi connectivity index (χ4v) is 2.02. The molecular weight excluding hydrogens is 216 g/mol. The van der Waals surface area contributed by atoms with E-state index in [1.807, 2.05) is 24.3 Å². The van der Waals surface area contributed by atoms with Gasteiger partial charge in [-0.3, -0.25) is 14.6 Å². The molecule has 1 aliphatic rings. The molecule has 0 saturated carbocycles. The maximum absolute atomic E-state index is 12.2. The van der Waals surface area contributed by atoms with E-state index in [0.717, 1.165) is 17.3 Å². The maximum atomic E-state index is 12.2. The van der Waals surface area contributed by atoms with Crippen molar-refractivity contribution in [2.75, 3.05) is 13.2 Å². The smallest absolute Gasteiger partial charge is 0.271 e. The van der Waals surface area contributed by atoms with Gasteiger partial charge in [-0.15, -0.1) is 0 Å². The van der Waals surface area contributed by atoms with E-state index in [9.17, 15) is 4.79 Å². The van der Waals surface area contributed by atoms with Crippen LogP contribution in [-0.4, -0.2) is 29.1 Å². The summed E-state index contributed by atoms with van der Waals surface area (Å²) in [6, 6.07) is 9.42. The van der Waals surface area contributed by atoms with Crippen molar-refractivity contribution in [3.8, 4) is 0 Å². The number of benzene rings is 1. The van der Waals surface area contributed by atoms with Gasteiger partial charge in [-0.1, -0.05) is 18.2 Å². The van der Waals surface area contributed by atoms with Crippen molar-refractivity contribution in [2.24, 2.45) is 0 Å². The van der Waals surface area contributed by atoms with Crippen molar-refractivity contribution < 1.29 is 9.63 Å². The Balaban J connectivity index is 2.07. The van der Waals surface area contributed by atoms with Gasteiger partial charge in [-0.2, -0.15) is 0 Å². The number of hydrogen-bond acceptors (Lipinski definition) is 3. The minimum Gasteiger partial charge on any atom is -0.271 e. The van der Waals surface area contributed by atoms with E-state index in [2.05, 4.69) is 4.98 Å². The average Bonchev–Trinajstić information content (AvgIpc) is 2.91. The third-order valence-corrected chi connectivity index (χ3v) is 2.84. The van der Waals surface area contributed by atoms with Crippen molar-refractivity contribution in [3.05, 3.63) is 42.1 Å². The predicted molar refractivity (Wildman–Crippen MR) is 63.3 cm³/mol. The first-order valence-corrected chi connectivity index (χ1v) is 5.65. The van der Waals surface area contributed by atoms with Crippen molar-refractivity contribution in [1.29, 1.82) is 0 Å². The fraction of sp³-hybridized carbons (Fsp3) is 0.231. The van der Waals surface area contributed by atoms with Crippen LogP contribution >= 0.6 is 0 Å². The maximum Gasteiger partial charge on any atom is 0.279 e. The first-order chi connectivity index (χ1) is 8.36. The lowest BCUT2D eigenvalue weighted by Crippen LogP contribution is -2.26. The van der Waals surface area contributed by atoms with Crippen LogP contribution in [0.5, 0.6) is 0 Å². The number of carbonyl (C=O) groups excluding carboxylic acids is 1. The number of hydroxylamine groups is 2. The van der Waals surface area contributed by atoms with Crippen LogP contribution in [0, 0.1) is 0 Å². The molecule has 17 heavy (non-hydrogen) atoms. The van der Waals surface area contributed by atoms with Gasteiger partial charge >= 0.3 is 0 Å². The van der Waals surface area contributed by atoms with Gasteiger partial charge in [0.25, 0.3) is 5.91 Å². The number of aromatic nitrogens is 1. The minimum atomic E-state index is -0.105. The Morgan fingerprint density at radius 2 is 2.18 bits per heavy atom. The summed E-state index contributed by atoms with van der Waals surface area (Å²) in [7, 11) is 0. The zero-order valence-electron chi connectivity index (χ0n) is 9.30. The summed E-state index contributed by atoms with van der Waals surface area (Å²) in [6.45, 7) is 1.27. The molecule has 0 aliphatic carbocycles. The highest BCUT2D eigenvalue weighted by Crippen LogP contribution is 2.19. The molecule has 1 amide bonds. The number of amides is 1. The minimum absolute atomic E-state index is 0.105. The SMILES string of the molecule is O=C(c1cccc2cccnc12)N1CCCO1. The molecule has 1 aromatic heterocycles. The summed E-state index contributed by atoms with van der Waals surface area (Å²) in [5.41, 5.74) is 1.33. The van der Waals surface area contributed by atoms with Crippen LogP contribution in [0.4, 0.5) is 0 Å². The summed E-state index contributed by atoms with van der Waals surface area (Å²) in [4.78, 5) is 21.8. The molecule has 0 N–H and O–H groups in total. The Labute approximate surface area is 98.8 Å². The second-order valence-electron chi connectivity index (χ2n) is 3.97. The highest BCUT2D eigenvalue weighted by Gasteiger charge is 2.22. The van der Waals surface area contributed by atoms with Crippen molar-refractivity contribution in [1.82, 2.24) is 10.0 Å². The lowest BCUT2D eigenvalue weighted by molar-refractivity contribution is -0.0767. The molecule has 4 nitrogen and oxygen atoms in total. The molecule has 2 heterocycles. The molecule has 1 aromatic carbocycles. The quantitative estimate of drug-likeness (QED) is 0.749. The van der Waals surface area contributed by atoms with Gasteiger partial charge in [0.1, 0.15) is 0 Å². The Kier molecular flexibility index (Phi) is 2.49. The van der Waals surface area contributed by atoms with Crippen LogP contribution in [0.3, 0.4) is 0 Å². The van der Waals surface area contributed by atoms with E-state index < -0.39 is 0 Å². The van der Waals surface area contributed by atoms with E-state index in [-0.39, 0.29) is 5.91 Å². The zero-order chi connectivity index (χ0) is 11.7. The van der Waals surface area contributed by atoms with Crippen LogP contribution < -0.4 is 0 Å². The normalized spacial score (nSPS) is 15.4. The van der Waals surface area contributed by atoms with E-state index in [4.69, 9.17) is 4.84 Å². The molecule has 1 fully saturated rings. The number of para-hydroxylation sites is 1. The van der Waals surface area contributed by atoms with Gasteiger partial charge in [0.05, 0.1) is 24.2 Å². The van der Waals surface area contributed by atoms with Crippen LogP contribution in [0.2, 0.25) is 0 Å². The molecule has 1 saturated heterocycles. The summed E-state index contributed by atoms with van der Waals surface area (Å²) in [5, 5.41) is 2.39. The molecule has 2 aromatic rings. The van der Waals surface area contributed by atoms with Crippen molar-refractivity contribution >= 4 is 16.8 Å². The Morgan fingerprint density at radius 3 is 3.00 bits per heavy atom. The lowest BCUT2D eigenvalue weighted by atomic mass is 10.1. The number of carbonyl (C=O) groups is 1. The van der Waals surface area contributed by atoms with Gasteiger partial charge in [0.2, 0.25) is 0 Å². The molecule has 0 spiro atoms. The number of nitrogens with zero attached hydrogens (tertiary/aromatic N) is 2. The largest absolute Gasteiger partial charge is 0.279 e. The third-order valence-electron chi connectivity index (χ3n) is 2.84. The standard InChI is InChI=1S/C13H12N2O2/c16-13(15-8-3-9-17-15)11-6-1-4-10-5-2-7-14-12(10)11/h1-2,4-7H,3,8-9H2. The van der Waals surface area contributed by atoms with Crippen LogP contribution in [0.1, 0.15) is 16.8 Å². The Morgan fingerprint density at radius 1 is 1.29 bits per heavy atom. The Hall–Kier alpha value is -1.94. The van der Waals surface area contributed by atoms with Crippen LogP contribution in [0.25, 0.3) is 10.9 Å². The molecule has 86 valence electrons. The van der Waals surface area contributed by atoms with Crippen molar-refractivity contribution in [3.63, 3.8) is 0 Å². The van der Waals surface area contributed by atoms with E-state index in [0.29, 0.717) is 18.7 Å².